The number of halogens is 1. The lowest BCUT2D eigenvalue weighted by Crippen LogP contribution is -2.09. The van der Waals surface area contributed by atoms with Gasteiger partial charge in [-0.15, -0.1) is 11.6 Å². The molecule has 0 aliphatic rings. The molecule has 0 amide bonds. The van der Waals surface area contributed by atoms with E-state index < -0.39 is 0 Å². The summed E-state index contributed by atoms with van der Waals surface area (Å²) in [5.74, 6) is 1.28. The fourth-order valence-corrected chi connectivity index (χ4v) is 2.74. The minimum Gasteiger partial charge on any atom is -0.311 e. The molecule has 3 rings (SSSR count). The fraction of sp³-hybridized carbons (Fsp3) is 0.462. The van der Waals surface area contributed by atoms with Gasteiger partial charge in [0.1, 0.15) is 11.3 Å². The summed E-state index contributed by atoms with van der Waals surface area (Å²) in [5, 5.41) is 8.82. The molecule has 20 heavy (non-hydrogen) atoms. The molecular weight excluding hydrogens is 276 g/mol. The zero-order valence-electron chi connectivity index (χ0n) is 11.8. The Morgan fingerprint density at radius 3 is 2.70 bits per heavy atom. The lowest BCUT2D eigenvalue weighted by atomic mass is 10.3. The summed E-state index contributed by atoms with van der Waals surface area (Å²) in [6.07, 6.45) is 2.80. The fourth-order valence-electron chi connectivity index (χ4n) is 2.54. The average molecular weight is 293 g/mol. The quantitative estimate of drug-likeness (QED) is 0.689. The van der Waals surface area contributed by atoms with Crippen molar-refractivity contribution in [1.82, 2.24) is 29.1 Å². The Kier molecular flexibility index (Phi) is 3.25. The molecule has 0 radical (unpaired) electrons. The van der Waals surface area contributed by atoms with Crippen LogP contribution in [-0.2, 0) is 32.9 Å². The first kappa shape index (κ1) is 13.2. The van der Waals surface area contributed by atoms with E-state index >= 15 is 0 Å². The highest BCUT2D eigenvalue weighted by Gasteiger charge is 2.16. The number of aryl methyl sites for hydroxylation is 5. The van der Waals surface area contributed by atoms with Crippen LogP contribution in [0.5, 0.6) is 0 Å². The monoisotopic (exact) mass is 292 g/mol. The Morgan fingerprint density at radius 2 is 2.05 bits per heavy atom. The third kappa shape index (κ3) is 2.10. The molecular formula is C13H17ClN6. The van der Waals surface area contributed by atoms with E-state index in [-0.39, 0.29) is 0 Å². The lowest BCUT2D eigenvalue weighted by molar-refractivity contribution is 0.635. The van der Waals surface area contributed by atoms with Gasteiger partial charge in [0, 0.05) is 33.3 Å². The Bertz CT molecular complexity index is 750. The highest BCUT2D eigenvalue weighted by Crippen LogP contribution is 2.20. The van der Waals surface area contributed by atoms with E-state index in [4.69, 9.17) is 11.6 Å². The van der Waals surface area contributed by atoms with Crippen LogP contribution in [0.2, 0.25) is 0 Å². The van der Waals surface area contributed by atoms with E-state index in [1.54, 1.807) is 0 Å². The first-order valence-corrected chi connectivity index (χ1v) is 7.07. The van der Waals surface area contributed by atoms with Crippen molar-refractivity contribution in [1.29, 1.82) is 0 Å². The average Bonchev–Trinajstić information content (AvgIpc) is 3.05. The zero-order chi connectivity index (χ0) is 14.3. The summed E-state index contributed by atoms with van der Waals surface area (Å²) in [6.45, 7) is 2.77. The number of fused-ring (bicyclic) bond motifs is 1. The molecule has 0 saturated carbocycles. The molecule has 0 bridgehead atoms. The van der Waals surface area contributed by atoms with Gasteiger partial charge in [0.2, 0.25) is 0 Å². The van der Waals surface area contributed by atoms with E-state index in [9.17, 15) is 0 Å². The number of hydrogen-bond acceptors (Lipinski definition) is 3. The minimum absolute atomic E-state index is 0.399. The summed E-state index contributed by atoms with van der Waals surface area (Å²) in [4.78, 5) is 4.59. The van der Waals surface area contributed by atoms with E-state index in [2.05, 4.69) is 19.7 Å². The topological polar surface area (TPSA) is 53.5 Å². The van der Waals surface area contributed by atoms with Gasteiger partial charge in [0.15, 0.2) is 5.65 Å². The third-order valence-electron chi connectivity index (χ3n) is 3.45. The molecule has 0 saturated heterocycles. The molecule has 0 aliphatic carbocycles. The maximum atomic E-state index is 6.02. The van der Waals surface area contributed by atoms with Crippen molar-refractivity contribution in [2.75, 3.05) is 0 Å². The SMILES string of the molecule is Cc1nn(C)c2c1nc(CCl)n2CCc1ccn(C)n1. The Labute approximate surface area is 122 Å². The largest absolute Gasteiger partial charge is 0.311 e. The van der Waals surface area contributed by atoms with Gasteiger partial charge in [-0.1, -0.05) is 0 Å². The second-order valence-electron chi connectivity index (χ2n) is 4.93. The predicted octanol–water partition coefficient (Wildman–Crippen LogP) is 1.79. The molecule has 0 fully saturated rings. The minimum atomic E-state index is 0.399. The molecule has 106 valence electrons. The molecule has 0 aromatic carbocycles. The summed E-state index contributed by atoms with van der Waals surface area (Å²) in [6, 6.07) is 2.03. The first-order valence-electron chi connectivity index (χ1n) is 6.53. The maximum absolute atomic E-state index is 6.02. The number of hydrogen-bond donors (Lipinski definition) is 0. The van der Waals surface area contributed by atoms with Crippen LogP contribution in [0.15, 0.2) is 12.3 Å². The van der Waals surface area contributed by atoms with Crippen LogP contribution in [0, 0.1) is 6.92 Å². The third-order valence-corrected chi connectivity index (χ3v) is 3.69. The molecule has 0 unspecified atom stereocenters. The highest BCUT2D eigenvalue weighted by molar-refractivity contribution is 6.16. The smallest absolute Gasteiger partial charge is 0.158 e. The van der Waals surface area contributed by atoms with Crippen molar-refractivity contribution in [3.63, 3.8) is 0 Å². The standard InChI is InChI=1S/C13H17ClN6/c1-9-12-13(19(3)16-9)20(11(8-14)15-12)7-5-10-4-6-18(2)17-10/h4,6H,5,7-8H2,1-3H3. The normalized spacial score (nSPS) is 11.6. The molecule has 6 nitrogen and oxygen atoms in total. The second-order valence-corrected chi connectivity index (χ2v) is 5.19. The Balaban J connectivity index is 1.96. The van der Waals surface area contributed by atoms with E-state index in [0.717, 1.165) is 41.3 Å². The van der Waals surface area contributed by atoms with Gasteiger partial charge < -0.3 is 4.57 Å². The van der Waals surface area contributed by atoms with Crippen molar-refractivity contribution in [2.24, 2.45) is 14.1 Å². The molecule has 0 N–H and O–H groups in total. The van der Waals surface area contributed by atoms with Crippen LogP contribution in [0.3, 0.4) is 0 Å². The van der Waals surface area contributed by atoms with Crippen molar-refractivity contribution >= 4 is 22.8 Å². The summed E-state index contributed by atoms with van der Waals surface area (Å²) in [7, 11) is 3.86. The second kappa shape index (κ2) is 4.94. The lowest BCUT2D eigenvalue weighted by Gasteiger charge is -2.07. The first-order chi connectivity index (χ1) is 9.60. The molecule has 0 aliphatic heterocycles. The predicted molar refractivity (Wildman–Crippen MR) is 77.7 cm³/mol. The Hall–Kier alpha value is -1.82. The van der Waals surface area contributed by atoms with Gasteiger partial charge in [-0.25, -0.2) is 4.98 Å². The van der Waals surface area contributed by atoms with Crippen molar-refractivity contribution in [3.8, 4) is 0 Å². The highest BCUT2D eigenvalue weighted by atomic mass is 35.5. The van der Waals surface area contributed by atoms with E-state index in [1.165, 1.54) is 0 Å². The number of nitrogens with zero attached hydrogens (tertiary/aromatic N) is 6. The molecule has 0 atom stereocenters. The van der Waals surface area contributed by atoms with Crippen LogP contribution in [0.4, 0.5) is 0 Å². The van der Waals surface area contributed by atoms with Gasteiger partial charge >= 0.3 is 0 Å². The van der Waals surface area contributed by atoms with Crippen LogP contribution < -0.4 is 0 Å². The van der Waals surface area contributed by atoms with Gasteiger partial charge in [0.25, 0.3) is 0 Å². The van der Waals surface area contributed by atoms with Gasteiger partial charge in [-0.2, -0.15) is 10.2 Å². The van der Waals surface area contributed by atoms with E-state index in [0.29, 0.717) is 5.88 Å². The summed E-state index contributed by atoms with van der Waals surface area (Å²) in [5.41, 5.74) is 3.96. The van der Waals surface area contributed by atoms with Gasteiger partial charge in [0.05, 0.1) is 17.3 Å². The number of rotatable bonds is 4. The number of alkyl halides is 1. The summed E-state index contributed by atoms with van der Waals surface area (Å²) < 4.78 is 5.82. The molecule has 3 heterocycles. The van der Waals surface area contributed by atoms with Crippen molar-refractivity contribution in [2.45, 2.75) is 25.8 Å². The van der Waals surface area contributed by atoms with Crippen LogP contribution in [0.1, 0.15) is 17.2 Å². The molecule has 3 aromatic heterocycles. The van der Waals surface area contributed by atoms with Crippen molar-refractivity contribution in [3.05, 3.63) is 29.5 Å². The molecule has 0 spiro atoms. The van der Waals surface area contributed by atoms with E-state index in [1.807, 2.05) is 42.6 Å². The van der Waals surface area contributed by atoms with Gasteiger partial charge in [-0.3, -0.25) is 9.36 Å². The molecule has 3 aromatic rings. The summed E-state index contributed by atoms with van der Waals surface area (Å²) >= 11 is 6.02. The van der Waals surface area contributed by atoms with Crippen LogP contribution in [0.25, 0.3) is 11.2 Å². The van der Waals surface area contributed by atoms with Crippen molar-refractivity contribution < 1.29 is 0 Å². The van der Waals surface area contributed by atoms with Gasteiger partial charge in [-0.05, 0) is 13.0 Å². The Morgan fingerprint density at radius 1 is 1.25 bits per heavy atom. The molecule has 7 heteroatoms. The zero-order valence-corrected chi connectivity index (χ0v) is 12.6. The van der Waals surface area contributed by atoms with Crippen LogP contribution >= 0.6 is 11.6 Å². The van der Waals surface area contributed by atoms with Crippen LogP contribution in [-0.4, -0.2) is 29.1 Å². The number of imidazole rings is 1. The number of aromatic nitrogens is 6. The maximum Gasteiger partial charge on any atom is 0.158 e.